The lowest BCUT2D eigenvalue weighted by Crippen LogP contribution is -2.37. The molecule has 0 aliphatic carbocycles. The molecule has 0 radical (unpaired) electrons. The van der Waals surface area contributed by atoms with Gasteiger partial charge in [0, 0.05) is 23.2 Å². The molecule has 2 N–H and O–H groups in total. The van der Waals surface area contributed by atoms with Crippen LogP contribution < -0.4 is 5.73 Å². The average molecular weight is 417 g/mol. The van der Waals surface area contributed by atoms with Crippen LogP contribution in [-0.4, -0.2) is 37.1 Å². The molecule has 0 spiro atoms. The first-order valence-electron chi connectivity index (χ1n) is 8.70. The Morgan fingerprint density at radius 3 is 2.22 bits per heavy atom. The molecule has 1 heterocycles. The molecule has 0 atom stereocenters. The standard InChI is InChI=1S/C20H28N2O3.2ClH/c1-5-22(6-2)13-20(3,4)14-24-19(23)18-12-11-17(25-18)15-7-9-16(21)10-8-15;;/h7-12H,5-6,13-14,21H2,1-4H3;2*1H. The molecule has 5 nitrogen and oxygen atoms in total. The number of furan rings is 1. The van der Waals surface area contributed by atoms with Gasteiger partial charge in [-0.3, -0.25) is 0 Å². The van der Waals surface area contributed by atoms with Gasteiger partial charge in [0.1, 0.15) is 5.76 Å². The highest BCUT2D eigenvalue weighted by Crippen LogP contribution is 2.24. The molecule has 0 fully saturated rings. The third kappa shape index (κ3) is 7.45. The van der Waals surface area contributed by atoms with E-state index in [1.54, 1.807) is 24.3 Å². The lowest BCUT2D eigenvalue weighted by atomic mass is 9.94. The molecule has 1 aromatic heterocycles. The van der Waals surface area contributed by atoms with Crippen LogP contribution >= 0.6 is 24.8 Å². The highest BCUT2D eigenvalue weighted by molar-refractivity contribution is 5.87. The first-order chi connectivity index (χ1) is 11.8. The van der Waals surface area contributed by atoms with Crippen molar-refractivity contribution in [1.29, 1.82) is 0 Å². The van der Waals surface area contributed by atoms with Crippen LogP contribution in [0.3, 0.4) is 0 Å². The molecular weight excluding hydrogens is 387 g/mol. The van der Waals surface area contributed by atoms with Crippen molar-refractivity contribution in [2.75, 3.05) is 32.0 Å². The molecule has 2 rings (SSSR count). The van der Waals surface area contributed by atoms with Crippen molar-refractivity contribution in [2.24, 2.45) is 5.41 Å². The molecule has 2 aromatic rings. The Labute approximate surface area is 174 Å². The number of esters is 1. The van der Waals surface area contributed by atoms with E-state index < -0.39 is 5.97 Å². The third-order valence-electron chi connectivity index (χ3n) is 4.14. The van der Waals surface area contributed by atoms with Crippen LogP contribution in [0.15, 0.2) is 40.8 Å². The molecule has 7 heteroatoms. The second kappa shape index (κ2) is 11.2. The lowest BCUT2D eigenvalue weighted by molar-refractivity contribution is 0.0243. The lowest BCUT2D eigenvalue weighted by Gasteiger charge is -2.30. The first-order valence-corrected chi connectivity index (χ1v) is 8.70. The van der Waals surface area contributed by atoms with Crippen LogP contribution in [0, 0.1) is 5.41 Å². The molecule has 0 aliphatic heterocycles. The molecular formula is C20H30Cl2N2O3. The van der Waals surface area contributed by atoms with Gasteiger partial charge in [0.25, 0.3) is 0 Å². The molecule has 0 amide bonds. The van der Waals surface area contributed by atoms with E-state index in [2.05, 4.69) is 32.6 Å². The molecule has 1 aromatic carbocycles. The summed E-state index contributed by atoms with van der Waals surface area (Å²) in [6.07, 6.45) is 0. The fraction of sp³-hybridized carbons (Fsp3) is 0.450. The minimum atomic E-state index is -0.436. The van der Waals surface area contributed by atoms with Crippen molar-refractivity contribution in [3.8, 4) is 11.3 Å². The Bertz CT molecular complexity index is 696. The van der Waals surface area contributed by atoms with Crippen molar-refractivity contribution >= 4 is 36.5 Å². The van der Waals surface area contributed by atoms with E-state index in [1.807, 2.05) is 12.1 Å². The molecule has 0 bridgehead atoms. The summed E-state index contributed by atoms with van der Waals surface area (Å²) in [6.45, 7) is 11.7. The van der Waals surface area contributed by atoms with Crippen molar-refractivity contribution in [3.63, 3.8) is 0 Å². The average Bonchev–Trinajstić information content (AvgIpc) is 3.08. The van der Waals surface area contributed by atoms with Gasteiger partial charge in [-0.05, 0) is 49.5 Å². The summed E-state index contributed by atoms with van der Waals surface area (Å²) in [7, 11) is 0. The van der Waals surface area contributed by atoms with Crippen molar-refractivity contribution in [3.05, 3.63) is 42.2 Å². The summed E-state index contributed by atoms with van der Waals surface area (Å²) in [5.41, 5.74) is 7.12. The van der Waals surface area contributed by atoms with Crippen LogP contribution in [0.2, 0.25) is 0 Å². The molecule has 0 unspecified atom stereocenters. The first kappa shape index (κ1) is 25.3. The summed E-state index contributed by atoms with van der Waals surface area (Å²) in [4.78, 5) is 14.6. The number of nitrogen functional groups attached to an aromatic ring is 1. The van der Waals surface area contributed by atoms with E-state index in [0.717, 1.165) is 25.2 Å². The zero-order valence-corrected chi connectivity index (χ0v) is 18.0. The SMILES string of the molecule is CCN(CC)CC(C)(C)COC(=O)c1ccc(-c2ccc(N)cc2)o1.Cl.Cl. The van der Waals surface area contributed by atoms with Gasteiger partial charge >= 0.3 is 5.97 Å². The zero-order chi connectivity index (χ0) is 18.4. The number of rotatable bonds is 8. The Morgan fingerprint density at radius 2 is 1.67 bits per heavy atom. The topological polar surface area (TPSA) is 68.7 Å². The predicted molar refractivity (Wildman–Crippen MR) is 115 cm³/mol. The molecule has 152 valence electrons. The van der Waals surface area contributed by atoms with Crippen LogP contribution in [0.5, 0.6) is 0 Å². The molecule has 0 saturated carbocycles. The second-order valence-electron chi connectivity index (χ2n) is 6.99. The minimum Gasteiger partial charge on any atom is -0.459 e. The van der Waals surface area contributed by atoms with Gasteiger partial charge in [0.2, 0.25) is 5.76 Å². The van der Waals surface area contributed by atoms with E-state index in [4.69, 9.17) is 14.9 Å². The van der Waals surface area contributed by atoms with Crippen LogP contribution in [0.1, 0.15) is 38.2 Å². The predicted octanol–water partition coefficient (Wildman–Crippen LogP) is 4.90. The van der Waals surface area contributed by atoms with Crippen molar-refractivity contribution in [2.45, 2.75) is 27.7 Å². The van der Waals surface area contributed by atoms with Gasteiger partial charge in [-0.1, -0.05) is 27.7 Å². The Balaban J connectivity index is 0.00000338. The number of nitrogens with two attached hydrogens (primary N) is 1. The maximum absolute atomic E-state index is 12.3. The fourth-order valence-electron chi connectivity index (χ4n) is 2.68. The smallest absolute Gasteiger partial charge is 0.374 e. The summed E-state index contributed by atoms with van der Waals surface area (Å²) in [6, 6.07) is 10.7. The van der Waals surface area contributed by atoms with Gasteiger partial charge in [-0.25, -0.2) is 4.79 Å². The third-order valence-corrected chi connectivity index (χ3v) is 4.14. The Kier molecular flexibility index (Phi) is 10.5. The fourth-order valence-corrected chi connectivity index (χ4v) is 2.68. The van der Waals surface area contributed by atoms with Gasteiger partial charge in [0.15, 0.2) is 0 Å². The zero-order valence-electron chi connectivity index (χ0n) is 16.4. The van der Waals surface area contributed by atoms with Crippen molar-refractivity contribution < 1.29 is 13.9 Å². The van der Waals surface area contributed by atoms with Gasteiger partial charge < -0.3 is 19.8 Å². The summed E-state index contributed by atoms with van der Waals surface area (Å²) in [5, 5.41) is 0. The van der Waals surface area contributed by atoms with Crippen LogP contribution in [0.4, 0.5) is 5.69 Å². The van der Waals surface area contributed by atoms with E-state index >= 15 is 0 Å². The number of nitrogens with zero attached hydrogens (tertiary/aromatic N) is 1. The number of benzene rings is 1. The quantitative estimate of drug-likeness (QED) is 0.489. The van der Waals surface area contributed by atoms with E-state index in [9.17, 15) is 4.79 Å². The van der Waals surface area contributed by atoms with E-state index in [0.29, 0.717) is 18.1 Å². The number of ether oxygens (including phenoxy) is 1. The summed E-state index contributed by atoms with van der Waals surface area (Å²) >= 11 is 0. The number of hydrogen-bond donors (Lipinski definition) is 1. The molecule has 0 saturated heterocycles. The molecule has 0 aliphatic rings. The number of halogens is 2. The maximum atomic E-state index is 12.3. The number of anilines is 1. The number of carbonyl (C=O) groups is 1. The van der Waals surface area contributed by atoms with Gasteiger partial charge in [0.05, 0.1) is 6.61 Å². The van der Waals surface area contributed by atoms with Crippen molar-refractivity contribution in [1.82, 2.24) is 4.90 Å². The number of hydrogen-bond acceptors (Lipinski definition) is 5. The summed E-state index contributed by atoms with van der Waals surface area (Å²) in [5.74, 6) is 0.397. The summed E-state index contributed by atoms with van der Waals surface area (Å²) < 4.78 is 11.1. The monoisotopic (exact) mass is 416 g/mol. The normalized spacial score (nSPS) is 10.9. The van der Waals surface area contributed by atoms with Gasteiger partial charge in [-0.2, -0.15) is 0 Å². The van der Waals surface area contributed by atoms with Crippen LogP contribution in [0.25, 0.3) is 11.3 Å². The highest BCUT2D eigenvalue weighted by atomic mass is 35.5. The van der Waals surface area contributed by atoms with Gasteiger partial charge in [-0.15, -0.1) is 24.8 Å². The second-order valence-corrected chi connectivity index (χ2v) is 6.99. The minimum absolute atomic E-state index is 0. The van der Waals surface area contributed by atoms with E-state index in [-0.39, 0.29) is 36.0 Å². The maximum Gasteiger partial charge on any atom is 0.374 e. The Hall–Kier alpha value is -1.69. The highest BCUT2D eigenvalue weighted by Gasteiger charge is 2.24. The Morgan fingerprint density at radius 1 is 1.07 bits per heavy atom. The van der Waals surface area contributed by atoms with E-state index in [1.165, 1.54) is 0 Å². The number of carbonyl (C=O) groups excluding carboxylic acids is 1. The van der Waals surface area contributed by atoms with Crippen LogP contribution in [-0.2, 0) is 4.74 Å². The largest absolute Gasteiger partial charge is 0.459 e. The molecule has 27 heavy (non-hydrogen) atoms.